The van der Waals surface area contributed by atoms with Crippen LogP contribution >= 0.6 is 11.8 Å². The number of anilines is 1. The number of rotatable bonds is 5. The Hall–Kier alpha value is -1.05. The van der Waals surface area contributed by atoms with E-state index in [0.29, 0.717) is 17.0 Å². The van der Waals surface area contributed by atoms with Crippen molar-refractivity contribution in [2.24, 2.45) is 5.14 Å². The highest BCUT2D eigenvalue weighted by Gasteiger charge is 2.14. The van der Waals surface area contributed by atoms with E-state index in [1.165, 1.54) is 17.8 Å². The molecule has 0 saturated heterocycles. The standard InChI is InChI=1S/C9H12N2O3S2/c1-2-15-8-4-3-7(11-6-12)5-9(8)16(10,13)14/h3-6H,2H2,1H3,(H,11,12)(H2,10,13,14). The predicted octanol–water partition coefficient (Wildman–Crippen LogP) is 1.01. The largest absolute Gasteiger partial charge is 0.329 e. The van der Waals surface area contributed by atoms with Crippen molar-refractivity contribution < 1.29 is 13.2 Å². The van der Waals surface area contributed by atoms with Gasteiger partial charge < -0.3 is 5.32 Å². The smallest absolute Gasteiger partial charge is 0.239 e. The summed E-state index contributed by atoms with van der Waals surface area (Å²) < 4.78 is 22.7. The fraction of sp³-hybridized carbons (Fsp3) is 0.222. The van der Waals surface area contributed by atoms with Crippen molar-refractivity contribution >= 4 is 33.9 Å². The van der Waals surface area contributed by atoms with Crippen LogP contribution in [0.15, 0.2) is 28.0 Å². The molecule has 7 heteroatoms. The number of carbonyl (C=O) groups excluding carboxylic acids is 1. The highest BCUT2D eigenvalue weighted by Crippen LogP contribution is 2.28. The molecule has 1 aromatic rings. The fourth-order valence-corrected chi connectivity index (χ4v) is 3.00. The SMILES string of the molecule is CCSc1ccc(NC=O)cc1S(N)(=O)=O. The summed E-state index contributed by atoms with van der Waals surface area (Å²) in [5.74, 6) is 0.739. The third kappa shape index (κ3) is 3.22. The monoisotopic (exact) mass is 260 g/mol. The summed E-state index contributed by atoms with van der Waals surface area (Å²) in [5.41, 5.74) is 0.402. The lowest BCUT2D eigenvalue weighted by atomic mass is 10.3. The molecule has 0 aliphatic carbocycles. The maximum atomic E-state index is 11.3. The third-order valence-corrected chi connectivity index (χ3v) is 3.81. The number of benzene rings is 1. The second-order valence-electron chi connectivity index (χ2n) is 2.90. The summed E-state index contributed by atoms with van der Waals surface area (Å²) in [6, 6.07) is 4.60. The second-order valence-corrected chi connectivity index (χ2v) is 5.74. The summed E-state index contributed by atoms with van der Waals surface area (Å²) in [6.45, 7) is 1.91. The molecule has 1 aromatic carbocycles. The minimum Gasteiger partial charge on any atom is -0.329 e. The first-order valence-corrected chi connectivity index (χ1v) is 7.02. The van der Waals surface area contributed by atoms with Crippen molar-refractivity contribution in [1.29, 1.82) is 0 Å². The van der Waals surface area contributed by atoms with Crippen molar-refractivity contribution in [2.75, 3.05) is 11.1 Å². The number of thioether (sulfide) groups is 1. The fourth-order valence-electron chi connectivity index (χ4n) is 1.16. The average molecular weight is 260 g/mol. The first-order valence-electron chi connectivity index (χ1n) is 4.49. The molecule has 0 aliphatic rings. The molecular weight excluding hydrogens is 248 g/mol. The number of primary sulfonamides is 1. The highest BCUT2D eigenvalue weighted by atomic mass is 32.2. The number of hydrogen-bond acceptors (Lipinski definition) is 4. The van der Waals surface area contributed by atoms with Gasteiger partial charge in [-0.25, -0.2) is 13.6 Å². The van der Waals surface area contributed by atoms with E-state index in [0.717, 1.165) is 5.75 Å². The lowest BCUT2D eigenvalue weighted by Crippen LogP contribution is -2.13. The topological polar surface area (TPSA) is 89.3 Å². The van der Waals surface area contributed by atoms with Gasteiger partial charge in [-0.3, -0.25) is 4.79 Å². The van der Waals surface area contributed by atoms with Gasteiger partial charge in [0.05, 0.1) is 4.90 Å². The van der Waals surface area contributed by atoms with Crippen LogP contribution in [0.4, 0.5) is 5.69 Å². The zero-order valence-electron chi connectivity index (χ0n) is 8.64. The Balaban J connectivity index is 3.26. The van der Waals surface area contributed by atoms with Gasteiger partial charge in [-0.1, -0.05) is 6.92 Å². The Morgan fingerprint density at radius 2 is 2.19 bits per heavy atom. The normalized spacial score (nSPS) is 11.1. The second kappa shape index (κ2) is 5.33. The van der Waals surface area contributed by atoms with Crippen molar-refractivity contribution in [3.05, 3.63) is 18.2 Å². The molecule has 0 unspecified atom stereocenters. The van der Waals surface area contributed by atoms with E-state index in [1.807, 2.05) is 6.92 Å². The van der Waals surface area contributed by atoms with Crippen LogP contribution in [0.1, 0.15) is 6.92 Å². The van der Waals surface area contributed by atoms with Crippen LogP contribution in [0.25, 0.3) is 0 Å². The van der Waals surface area contributed by atoms with E-state index >= 15 is 0 Å². The van der Waals surface area contributed by atoms with Crippen LogP contribution in [0.5, 0.6) is 0 Å². The molecule has 0 heterocycles. The van der Waals surface area contributed by atoms with Crippen molar-refractivity contribution in [3.8, 4) is 0 Å². The Morgan fingerprint density at radius 1 is 1.50 bits per heavy atom. The molecule has 3 N–H and O–H groups in total. The Kier molecular flexibility index (Phi) is 4.34. The van der Waals surface area contributed by atoms with Gasteiger partial charge in [0.15, 0.2) is 0 Å². The molecule has 0 bridgehead atoms. The van der Waals surface area contributed by atoms with Crippen LogP contribution in [0.3, 0.4) is 0 Å². The summed E-state index contributed by atoms with van der Waals surface area (Å²) >= 11 is 1.38. The molecule has 1 rings (SSSR count). The lowest BCUT2D eigenvalue weighted by molar-refractivity contribution is -0.105. The van der Waals surface area contributed by atoms with Gasteiger partial charge in [-0.05, 0) is 24.0 Å². The van der Waals surface area contributed by atoms with Gasteiger partial charge in [0.1, 0.15) is 0 Å². The molecule has 16 heavy (non-hydrogen) atoms. The van der Waals surface area contributed by atoms with Crippen molar-refractivity contribution in [1.82, 2.24) is 0 Å². The number of amides is 1. The molecule has 0 fully saturated rings. The number of nitrogens with two attached hydrogens (primary N) is 1. The van der Waals surface area contributed by atoms with E-state index in [2.05, 4.69) is 5.32 Å². The first kappa shape index (κ1) is 13.0. The Bertz CT molecular complexity index is 486. The summed E-state index contributed by atoms with van der Waals surface area (Å²) in [5, 5.41) is 7.48. The van der Waals surface area contributed by atoms with Gasteiger partial charge in [0.25, 0.3) is 0 Å². The molecule has 0 radical (unpaired) electrons. The molecule has 0 atom stereocenters. The number of hydrogen-bond donors (Lipinski definition) is 2. The summed E-state index contributed by atoms with van der Waals surface area (Å²) in [4.78, 5) is 10.9. The van der Waals surface area contributed by atoms with Crippen LogP contribution in [-0.4, -0.2) is 20.6 Å². The molecule has 1 amide bonds. The molecule has 0 spiro atoms. The first-order chi connectivity index (χ1) is 7.49. The number of sulfonamides is 1. The summed E-state index contributed by atoms with van der Waals surface area (Å²) in [7, 11) is -3.77. The zero-order chi connectivity index (χ0) is 12.2. The van der Waals surface area contributed by atoms with E-state index in [-0.39, 0.29) is 4.90 Å². The molecule has 0 aromatic heterocycles. The molecule has 0 saturated carbocycles. The molecule has 88 valence electrons. The minimum absolute atomic E-state index is 0.0335. The summed E-state index contributed by atoms with van der Waals surface area (Å²) in [6.07, 6.45) is 0.481. The lowest BCUT2D eigenvalue weighted by Gasteiger charge is -2.08. The average Bonchev–Trinajstić information content (AvgIpc) is 2.19. The van der Waals surface area contributed by atoms with Gasteiger partial charge in [-0.15, -0.1) is 11.8 Å². The van der Waals surface area contributed by atoms with E-state index in [9.17, 15) is 13.2 Å². The van der Waals surface area contributed by atoms with E-state index in [1.54, 1.807) is 12.1 Å². The Labute approximate surface area is 98.5 Å². The third-order valence-electron chi connectivity index (χ3n) is 1.78. The van der Waals surface area contributed by atoms with E-state index in [4.69, 9.17) is 5.14 Å². The van der Waals surface area contributed by atoms with Gasteiger partial charge in [-0.2, -0.15) is 0 Å². The maximum Gasteiger partial charge on any atom is 0.239 e. The zero-order valence-corrected chi connectivity index (χ0v) is 10.3. The molecule has 0 aliphatic heterocycles. The minimum atomic E-state index is -3.77. The van der Waals surface area contributed by atoms with Gasteiger partial charge >= 0.3 is 0 Å². The van der Waals surface area contributed by atoms with E-state index < -0.39 is 10.0 Å². The maximum absolute atomic E-state index is 11.3. The van der Waals surface area contributed by atoms with Crippen LogP contribution in [0, 0.1) is 0 Å². The van der Waals surface area contributed by atoms with Gasteiger partial charge in [0.2, 0.25) is 16.4 Å². The number of nitrogens with one attached hydrogen (secondary N) is 1. The van der Waals surface area contributed by atoms with Gasteiger partial charge in [0, 0.05) is 10.6 Å². The van der Waals surface area contributed by atoms with Crippen molar-refractivity contribution in [3.63, 3.8) is 0 Å². The van der Waals surface area contributed by atoms with Crippen LogP contribution < -0.4 is 10.5 Å². The molecular formula is C9H12N2O3S2. The van der Waals surface area contributed by atoms with Crippen LogP contribution in [0.2, 0.25) is 0 Å². The van der Waals surface area contributed by atoms with Crippen molar-refractivity contribution in [2.45, 2.75) is 16.7 Å². The quantitative estimate of drug-likeness (QED) is 0.611. The van der Waals surface area contributed by atoms with Crippen LogP contribution in [-0.2, 0) is 14.8 Å². The Morgan fingerprint density at radius 3 is 2.69 bits per heavy atom. The number of carbonyl (C=O) groups is 1. The predicted molar refractivity (Wildman–Crippen MR) is 63.9 cm³/mol. The molecule has 5 nitrogen and oxygen atoms in total. The highest BCUT2D eigenvalue weighted by molar-refractivity contribution is 8.00.